The third-order valence-electron chi connectivity index (χ3n) is 11.7. The Bertz CT molecular complexity index is 3230. The predicted molar refractivity (Wildman–Crippen MR) is 220 cm³/mol. The van der Waals surface area contributed by atoms with E-state index in [1.165, 1.54) is 110 Å². The van der Waals surface area contributed by atoms with Crippen molar-refractivity contribution in [2.45, 2.75) is 12.8 Å². The number of benzene rings is 9. The maximum Gasteiger partial charge on any atom is 0.0791 e. The fourth-order valence-electron chi connectivity index (χ4n) is 9.52. The first-order chi connectivity index (χ1) is 25.8. The molecule has 11 aromatic rings. The number of para-hydroxylation sites is 2. The zero-order valence-corrected chi connectivity index (χ0v) is 28.5. The number of nitrogens with zero attached hydrogens (tertiary/aromatic N) is 2. The van der Waals surface area contributed by atoms with Gasteiger partial charge in [0.2, 0.25) is 0 Å². The Morgan fingerprint density at radius 1 is 0.308 bits per heavy atom. The quantitative estimate of drug-likeness (QED) is 0.167. The number of fused-ring (bicyclic) bond motifs is 10. The third kappa shape index (κ3) is 3.73. The molecule has 1 aliphatic carbocycles. The van der Waals surface area contributed by atoms with E-state index >= 15 is 0 Å². The molecule has 12 rings (SSSR count). The van der Waals surface area contributed by atoms with Crippen LogP contribution >= 0.6 is 0 Å². The summed E-state index contributed by atoms with van der Waals surface area (Å²) in [6.07, 6.45) is 2.13. The molecule has 0 atom stereocenters. The molecule has 0 spiro atoms. The normalized spacial score (nSPS) is 12.8. The minimum absolute atomic E-state index is 1.06. The first-order valence-electron chi connectivity index (χ1n) is 18.3. The van der Waals surface area contributed by atoms with Crippen molar-refractivity contribution >= 4 is 75.9 Å². The monoisotopic (exact) mass is 660 g/mol. The van der Waals surface area contributed by atoms with Gasteiger partial charge in [-0.3, -0.25) is 0 Å². The van der Waals surface area contributed by atoms with Gasteiger partial charge < -0.3 is 9.13 Å². The van der Waals surface area contributed by atoms with Crippen LogP contribution in [-0.4, -0.2) is 9.13 Å². The zero-order valence-electron chi connectivity index (χ0n) is 28.5. The maximum atomic E-state index is 2.53. The first kappa shape index (κ1) is 28.1. The Morgan fingerprint density at radius 2 is 0.865 bits per heavy atom. The number of rotatable bonds is 3. The number of aryl methyl sites for hydroxylation is 2. The van der Waals surface area contributed by atoms with Crippen molar-refractivity contribution in [3.05, 3.63) is 181 Å². The number of hydrogen-bond donors (Lipinski definition) is 0. The van der Waals surface area contributed by atoms with E-state index in [0.717, 1.165) is 12.8 Å². The van der Waals surface area contributed by atoms with Gasteiger partial charge in [-0.15, -0.1) is 0 Å². The van der Waals surface area contributed by atoms with Crippen LogP contribution in [0.4, 0.5) is 0 Å². The van der Waals surface area contributed by atoms with E-state index in [1.54, 1.807) is 0 Å². The summed E-state index contributed by atoms with van der Waals surface area (Å²) in [4.78, 5) is 0. The van der Waals surface area contributed by atoms with E-state index in [-0.39, 0.29) is 0 Å². The topological polar surface area (TPSA) is 9.86 Å². The highest BCUT2D eigenvalue weighted by atomic mass is 15.0. The molecule has 2 heterocycles. The molecule has 0 aliphatic heterocycles. The van der Waals surface area contributed by atoms with Gasteiger partial charge >= 0.3 is 0 Å². The summed E-state index contributed by atoms with van der Waals surface area (Å²) >= 11 is 0. The van der Waals surface area contributed by atoms with Gasteiger partial charge in [-0.2, -0.15) is 0 Å². The highest BCUT2D eigenvalue weighted by Crippen LogP contribution is 2.46. The summed E-state index contributed by atoms with van der Waals surface area (Å²) < 4.78 is 5.04. The summed E-state index contributed by atoms with van der Waals surface area (Å²) in [6, 6.07) is 63.1. The predicted octanol–water partition coefficient (Wildman–Crippen LogP) is 13.1. The van der Waals surface area contributed by atoms with Crippen molar-refractivity contribution in [1.82, 2.24) is 9.13 Å². The minimum Gasteiger partial charge on any atom is -0.307 e. The van der Waals surface area contributed by atoms with Crippen LogP contribution < -0.4 is 0 Å². The van der Waals surface area contributed by atoms with Crippen molar-refractivity contribution in [3.8, 4) is 22.5 Å². The molecule has 0 radical (unpaired) electrons. The molecular weight excluding hydrogens is 629 g/mol. The van der Waals surface area contributed by atoms with E-state index in [0.29, 0.717) is 0 Å². The molecule has 2 heteroatoms. The molecule has 0 N–H and O–H groups in total. The zero-order chi connectivity index (χ0) is 33.9. The SMILES string of the molecule is c1ccc(-n2c3cccc4c3c3c(cc5c6ccccc6n(-c6ccc(-c7ccc8c9ccccc9c9ccccc9c8c7)cc6)c5c32)CC4)cc1. The summed E-state index contributed by atoms with van der Waals surface area (Å²) in [5.41, 5.74) is 12.8. The molecule has 1 aliphatic rings. The number of hydrogen-bond acceptors (Lipinski definition) is 0. The molecule has 0 saturated carbocycles. The van der Waals surface area contributed by atoms with Crippen LogP contribution in [0.15, 0.2) is 170 Å². The van der Waals surface area contributed by atoms with Crippen LogP contribution in [0, 0.1) is 0 Å². The van der Waals surface area contributed by atoms with Crippen molar-refractivity contribution in [1.29, 1.82) is 0 Å². The van der Waals surface area contributed by atoms with Crippen molar-refractivity contribution in [2.24, 2.45) is 0 Å². The molecule has 2 nitrogen and oxygen atoms in total. The molecule has 52 heavy (non-hydrogen) atoms. The van der Waals surface area contributed by atoms with Gasteiger partial charge in [0, 0.05) is 32.9 Å². The summed E-state index contributed by atoms with van der Waals surface area (Å²) in [5, 5.41) is 13.2. The molecule has 0 bridgehead atoms. The Morgan fingerprint density at radius 3 is 1.62 bits per heavy atom. The molecule has 2 aromatic heterocycles. The Hall–Kier alpha value is -6.64. The number of aromatic nitrogens is 2. The Kier molecular flexibility index (Phi) is 5.64. The summed E-state index contributed by atoms with van der Waals surface area (Å²) in [7, 11) is 0. The van der Waals surface area contributed by atoms with Gasteiger partial charge in [0.25, 0.3) is 0 Å². The Labute approximate surface area is 300 Å². The molecule has 0 amide bonds. The second-order valence-electron chi connectivity index (χ2n) is 14.4. The van der Waals surface area contributed by atoms with Crippen LogP contribution in [0.1, 0.15) is 11.1 Å². The van der Waals surface area contributed by atoms with E-state index in [4.69, 9.17) is 0 Å². The second kappa shape index (κ2) is 10.4. The van der Waals surface area contributed by atoms with E-state index in [9.17, 15) is 0 Å². The lowest BCUT2D eigenvalue weighted by Gasteiger charge is -2.16. The molecule has 0 fully saturated rings. The molecule has 0 saturated heterocycles. The first-order valence-corrected chi connectivity index (χ1v) is 18.3. The molecule has 9 aromatic carbocycles. The molecule has 242 valence electrons. The van der Waals surface area contributed by atoms with Gasteiger partial charge in [-0.25, -0.2) is 0 Å². The third-order valence-corrected chi connectivity index (χ3v) is 11.7. The van der Waals surface area contributed by atoms with Crippen molar-refractivity contribution in [3.63, 3.8) is 0 Å². The van der Waals surface area contributed by atoms with Crippen LogP contribution in [0.5, 0.6) is 0 Å². The average Bonchev–Trinajstić information content (AvgIpc) is 3.74. The van der Waals surface area contributed by atoms with Gasteiger partial charge in [-0.1, -0.05) is 121 Å². The van der Waals surface area contributed by atoms with Gasteiger partial charge in [0.15, 0.2) is 0 Å². The minimum atomic E-state index is 1.06. The van der Waals surface area contributed by atoms with E-state index < -0.39 is 0 Å². The summed E-state index contributed by atoms with van der Waals surface area (Å²) in [5.74, 6) is 0. The second-order valence-corrected chi connectivity index (χ2v) is 14.4. The Balaban J connectivity index is 1.12. The van der Waals surface area contributed by atoms with Gasteiger partial charge in [-0.05, 0) is 116 Å². The lowest BCUT2D eigenvalue weighted by atomic mass is 9.90. The fraction of sp³-hybridized carbons (Fsp3) is 0.0400. The van der Waals surface area contributed by atoms with Crippen LogP contribution in [0.3, 0.4) is 0 Å². The summed E-state index contributed by atoms with van der Waals surface area (Å²) in [6.45, 7) is 0. The largest absolute Gasteiger partial charge is 0.307 e. The standard InChI is InChI=1S/C50H32N2/c1-2-12-35(13-3-1)52-46-20-10-11-32-21-22-34-30-44-42-18-8-9-19-45(42)51(49(44)50(52)48(34)47(32)46)36-26-23-31(24-27-36)33-25-28-41-39-16-5-4-14-37(39)38-15-6-7-17-40(38)43(41)29-33/h1-20,23-30H,21-22H2. The highest BCUT2D eigenvalue weighted by molar-refractivity contribution is 6.27. The van der Waals surface area contributed by atoms with Gasteiger partial charge in [0.1, 0.15) is 0 Å². The van der Waals surface area contributed by atoms with Crippen LogP contribution in [0.2, 0.25) is 0 Å². The lowest BCUT2D eigenvalue weighted by Crippen LogP contribution is -2.00. The van der Waals surface area contributed by atoms with Crippen LogP contribution in [0.25, 0.3) is 98.4 Å². The average molecular weight is 661 g/mol. The maximum absolute atomic E-state index is 2.53. The van der Waals surface area contributed by atoms with Crippen molar-refractivity contribution in [2.75, 3.05) is 0 Å². The highest BCUT2D eigenvalue weighted by Gasteiger charge is 2.26. The fourth-order valence-corrected chi connectivity index (χ4v) is 9.52. The van der Waals surface area contributed by atoms with E-state index in [2.05, 4.69) is 179 Å². The molecule has 0 unspecified atom stereocenters. The van der Waals surface area contributed by atoms with E-state index in [1.807, 2.05) is 0 Å². The van der Waals surface area contributed by atoms with Crippen LogP contribution in [-0.2, 0) is 12.8 Å². The lowest BCUT2D eigenvalue weighted by molar-refractivity contribution is 0.971. The smallest absolute Gasteiger partial charge is 0.0791 e. The molecular formula is C50H32N2. The van der Waals surface area contributed by atoms with Crippen molar-refractivity contribution < 1.29 is 0 Å². The van der Waals surface area contributed by atoms with Gasteiger partial charge in [0.05, 0.1) is 22.1 Å².